The molecule has 3 N–H and O–H groups in total. The third-order valence-corrected chi connectivity index (χ3v) is 4.35. The van der Waals surface area contributed by atoms with Crippen LogP contribution in [-0.4, -0.2) is 30.4 Å². The zero-order chi connectivity index (χ0) is 15.2. The molecular weight excluding hydrogens is 262 g/mol. The van der Waals surface area contributed by atoms with Crippen molar-refractivity contribution in [2.45, 2.75) is 39.5 Å². The van der Waals surface area contributed by atoms with Gasteiger partial charge in [-0.15, -0.1) is 0 Å². The summed E-state index contributed by atoms with van der Waals surface area (Å²) in [5.74, 6) is 0.949. The molecule has 1 aromatic carbocycles. The molecule has 1 heterocycles. The van der Waals surface area contributed by atoms with Crippen LogP contribution in [0.15, 0.2) is 18.2 Å². The van der Waals surface area contributed by atoms with Gasteiger partial charge in [0.05, 0.1) is 0 Å². The van der Waals surface area contributed by atoms with E-state index in [1.54, 1.807) is 0 Å². The molecule has 0 saturated carbocycles. The van der Waals surface area contributed by atoms with Crippen molar-refractivity contribution in [3.63, 3.8) is 0 Å². The Balaban J connectivity index is 1.70. The second-order valence-electron chi connectivity index (χ2n) is 6.09. The number of rotatable bonds is 6. The van der Waals surface area contributed by atoms with Crippen LogP contribution in [0, 0.1) is 12.8 Å². The van der Waals surface area contributed by atoms with E-state index in [0.717, 1.165) is 35.8 Å². The number of hydrogen-bond donors (Lipinski definition) is 2. The van der Waals surface area contributed by atoms with Crippen LogP contribution in [0.3, 0.4) is 0 Å². The van der Waals surface area contributed by atoms with Gasteiger partial charge in [0, 0.05) is 24.3 Å². The summed E-state index contributed by atoms with van der Waals surface area (Å²) < 4.78 is 0. The number of nitrogens with one attached hydrogen (secondary N) is 1. The number of anilines is 2. The van der Waals surface area contributed by atoms with Crippen LogP contribution in [0.25, 0.3) is 0 Å². The smallest absolute Gasteiger partial charge is 0.224 e. The molecule has 1 aliphatic heterocycles. The maximum atomic E-state index is 12.0. The van der Waals surface area contributed by atoms with Crippen LogP contribution >= 0.6 is 0 Å². The monoisotopic (exact) mass is 289 g/mol. The van der Waals surface area contributed by atoms with Gasteiger partial charge in [0.25, 0.3) is 0 Å². The number of nitrogens with zero attached hydrogens (tertiary/aromatic N) is 1. The number of carbonyl (C=O) groups is 1. The number of nitrogen functional groups attached to an aromatic ring is 1. The highest BCUT2D eigenvalue weighted by Gasteiger charge is 2.20. The highest BCUT2D eigenvalue weighted by Crippen LogP contribution is 2.20. The van der Waals surface area contributed by atoms with E-state index in [4.69, 9.17) is 5.73 Å². The molecule has 0 aliphatic carbocycles. The first-order chi connectivity index (χ1) is 10.1. The van der Waals surface area contributed by atoms with E-state index in [9.17, 15) is 4.79 Å². The summed E-state index contributed by atoms with van der Waals surface area (Å²) in [6.45, 7) is 7.65. The van der Waals surface area contributed by atoms with E-state index in [1.807, 2.05) is 25.1 Å². The maximum Gasteiger partial charge on any atom is 0.224 e. The lowest BCUT2D eigenvalue weighted by Gasteiger charge is -2.15. The zero-order valence-electron chi connectivity index (χ0n) is 13.2. The van der Waals surface area contributed by atoms with Crippen LogP contribution in [0.4, 0.5) is 11.4 Å². The second kappa shape index (κ2) is 7.46. The Morgan fingerprint density at radius 1 is 1.48 bits per heavy atom. The predicted octanol–water partition coefficient (Wildman–Crippen LogP) is 3.03. The Labute approximate surface area is 127 Å². The number of amides is 1. The molecule has 4 nitrogen and oxygen atoms in total. The fourth-order valence-electron chi connectivity index (χ4n) is 2.95. The van der Waals surface area contributed by atoms with Crippen molar-refractivity contribution in [2.75, 3.05) is 30.7 Å². The largest absolute Gasteiger partial charge is 0.399 e. The average Bonchev–Trinajstić information content (AvgIpc) is 2.90. The Bertz CT molecular complexity index is 487. The lowest BCUT2D eigenvalue weighted by Crippen LogP contribution is -2.23. The van der Waals surface area contributed by atoms with Gasteiger partial charge in [-0.1, -0.05) is 13.3 Å². The van der Waals surface area contributed by atoms with Gasteiger partial charge < -0.3 is 16.0 Å². The summed E-state index contributed by atoms with van der Waals surface area (Å²) in [7, 11) is 0. The van der Waals surface area contributed by atoms with Gasteiger partial charge in [0.15, 0.2) is 0 Å². The lowest BCUT2D eigenvalue weighted by molar-refractivity contribution is -0.116. The van der Waals surface area contributed by atoms with Gasteiger partial charge >= 0.3 is 0 Å². The molecule has 0 aromatic heterocycles. The van der Waals surface area contributed by atoms with Crippen molar-refractivity contribution in [2.24, 2.45) is 5.92 Å². The summed E-state index contributed by atoms with van der Waals surface area (Å²) in [5.41, 5.74) is 8.31. The number of nitrogens with two attached hydrogens (primary N) is 1. The number of carbonyl (C=O) groups excluding carboxylic acids is 1. The molecule has 1 saturated heterocycles. The molecule has 1 unspecified atom stereocenters. The lowest BCUT2D eigenvalue weighted by atomic mass is 10.1. The second-order valence-corrected chi connectivity index (χ2v) is 6.09. The van der Waals surface area contributed by atoms with E-state index in [1.165, 1.54) is 25.9 Å². The van der Waals surface area contributed by atoms with Gasteiger partial charge in [-0.05, 0) is 62.5 Å². The van der Waals surface area contributed by atoms with Crippen molar-refractivity contribution in [1.82, 2.24) is 4.90 Å². The number of aryl methyl sites for hydroxylation is 1. The molecule has 0 bridgehead atoms. The van der Waals surface area contributed by atoms with Crippen molar-refractivity contribution < 1.29 is 4.79 Å². The van der Waals surface area contributed by atoms with Crippen LogP contribution in [0.1, 0.15) is 38.2 Å². The highest BCUT2D eigenvalue weighted by atomic mass is 16.1. The Morgan fingerprint density at radius 2 is 2.29 bits per heavy atom. The summed E-state index contributed by atoms with van der Waals surface area (Å²) in [6, 6.07) is 5.57. The standard InChI is InChI=1S/C17H27N3O/c1-3-14-8-10-20(12-14)9-4-5-17(21)19-16-7-6-15(18)11-13(16)2/h6-7,11,14H,3-5,8-10,12,18H2,1-2H3,(H,19,21). The fraction of sp³-hybridized carbons (Fsp3) is 0.588. The van der Waals surface area contributed by atoms with E-state index in [2.05, 4.69) is 17.1 Å². The van der Waals surface area contributed by atoms with Crippen molar-refractivity contribution in [3.05, 3.63) is 23.8 Å². The molecule has 0 radical (unpaired) electrons. The molecule has 1 amide bonds. The van der Waals surface area contributed by atoms with Crippen molar-refractivity contribution in [1.29, 1.82) is 0 Å². The summed E-state index contributed by atoms with van der Waals surface area (Å²) >= 11 is 0. The topological polar surface area (TPSA) is 58.4 Å². The van der Waals surface area contributed by atoms with Crippen LogP contribution in [0.2, 0.25) is 0 Å². The first-order valence-electron chi connectivity index (χ1n) is 7.96. The normalized spacial score (nSPS) is 18.9. The first kappa shape index (κ1) is 15.8. The van der Waals surface area contributed by atoms with E-state index < -0.39 is 0 Å². The minimum absolute atomic E-state index is 0.0918. The molecule has 1 fully saturated rings. The SMILES string of the molecule is CCC1CCN(CCCC(=O)Nc2ccc(N)cc2C)C1. The molecule has 1 atom stereocenters. The van der Waals surface area contributed by atoms with Crippen molar-refractivity contribution >= 4 is 17.3 Å². The molecular formula is C17H27N3O. The average molecular weight is 289 g/mol. The number of benzene rings is 1. The van der Waals surface area contributed by atoms with Gasteiger partial charge in [-0.25, -0.2) is 0 Å². The molecule has 1 aliphatic rings. The minimum atomic E-state index is 0.0918. The molecule has 0 spiro atoms. The van der Waals surface area contributed by atoms with Crippen LogP contribution < -0.4 is 11.1 Å². The Kier molecular flexibility index (Phi) is 5.62. The molecule has 4 heteroatoms. The number of hydrogen-bond acceptors (Lipinski definition) is 3. The van der Waals surface area contributed by atoms with Gasteiger partial charge in [0.2, 0.25) is 5.91 Å². The molecule has 1 aromatic rings. The predicted molar refractivity (Wildman–Crippen MR) is 88.3 cm³/mol. The van der Waals surface area contributed by atoms with Crippen molar-refractivity contribution in [3.8, 4) is 0 Å². The number of likely N-dealkylation sites (tertiary alicyclic amines) is 1. The molecule has 2 rings (SSSR count). The first-order valence-corrected chi connectivity index (χ1v) is 7.96. The Morgan fingerprint density at radius 3 is 2.95 bits per heavy atom. The van der Waals surface area contributed by atoms with Gasteiger partial charge in [-0.3, -0.25) is 4.79 Å². The van der Waals surface area contributed by atoms with E-state index >= 15 is 0 Å². The van der Waals surface area contributed by atoms with Gasteiger partial charge in [-0.2, -0.15) is 0 Å². The van der Waals surface area contributed by atoms with Crippen LogP contribution in [-0.2, 0) is 4.79 Å². The summed E-state index contributed by atoms with van der Waals surface area (Å²) in [6.07, 6.45) is 4.09. The Hall–Kier alpha value is -1.55. The minimum Gasteiger partial charge on any atom is -0.399 e. The van der Waals surface area contributed by atoms with E-state index in [0.29, 0.717) is 6.42 Å². The third kappa shape index (κ3) is 4.74. The summed E-state index contributed by atoms with van der Waals surface area (Å²) in [5, 5.41) is 2.97. The molecule has 116 valence electrons. The third-order valence-electron chi connectivity index (χ3n) is 4.35. The quantitative estimate of drug-likeness (QED) is 0.791. The van der Waals surface area contributed by atoms with E-state index in [-0.39, 0.29) is 5.91 Å². The van der Waals surface area contributed by atoms with Crippen LogP contribution in [0.5, 0.6) is 0 Å². The van der Waals surface area contributed by atoms with Gasteiger partial charge in [0.1, 0.15) is 0 Å². The maximum absolute atomic E-state index is 12.0. The summed E-state index contributed by atoms with van der Waals surface area (Å²) in [4.78, 5) is 14.5. The highest BCUT2D eigenvalue weighted by molar-refractivity contribution is 5.91. The molecule has 21 heavy (non-hydrogen) atoms. The zero-order valence-corrected chi connectivity index (χ0v) is 13.2. The fourth-order valence-corrected chi connectivity index (χ4v) is 2.95.